The van der Waals surface area contributed by atoms with Crippen LogP contribution < -0.4 is 5.32 Å². The Balaban J connectivity index is 2.05. The Morgan fingerprint density at radius 2 is 1.87 bits per heavy atom. The molecule has 0 bridgehead atoms. The third kappa shape index (κ3) is 4.04. The number of phenolic OH excluding ortho intramolecular Hbond substituents is 1. The van der Waals surface area contributed by atoms with Gasteiger partial charge in [0.25, 0.3) is 5.91 Å². The lowest BCUT2D eigenvalue weighted by Crippen LogP contribution is -2.23. The molecule has 0 aliphatic heterocycles. The van der Waals surface area contributed by atoms with Crippen molar-refractivity contribution in [3.63, 3.8) is 0 Å². The molecule has 2 N–H and O–H groups in total. The first kappa shape index (κ1) is 16.4. The van der Waals surface area contributed by atoms with Gasteiger partial charge in [0.1, 0.15) is 0 Å². The van der Waals surface area contributed by atoms with Crippen molar-refractivity contribution in [2.75, 3.05) is 7.11 Å². The van der Waals surface area contributed by atoms with Gasteiger partial charge in [0, 0.05) is 19.7 Å². The van der Waals surface area contributed by atoms with Crippen LogP contribution in [0, 0.1) is 10.1 Å². The molecule has 0 saturated heterocycles. The molecule has 0 fully saturated rings. The molecule has 0 atom stereocenters. The first-order valence-electron chi connectivity index (χ1n) is 6.84. The smallest absolute Gasteiger partial charge is 0.311 e. The highest BCUT2D eigenvalue weighted by molar-refractivity contribution is 5.98. The molecule has 1 amide bonds. The van der Waals surface area contributed by atoms with Crippen LogP contribution in [0.25, 0.3) is 0 Å². The SMILES string of the molecule is COCc1ccc(CNC(=O)c2cccc([N+](=O)[O-])c2O)cc1. The summed E-state index contributed by atoms with van der Waals surface area (Å²) < 4.78 is 5.01. The van der Waals surface area contributed by atoms with E-state index in [0.29, 0.717) is 6.61 Å². The lowest BCUT2D eigenvalue weighted by Gasteiger charge is -2.08. The van der Waals surface area contributed by atoms with E-state index in [0.717, 1.165) is 17.2 Å². The van der Waals surface area contributed by atoms with Gasteiger partial charge in [-0.2, -0.15) is 0 Å². The van der Waals surface area contributed by atoms with Gasteiger partial charge in [-0.3, -0.25) is 14.9 Å². The number of hydrogen-bond acceptors (Lipinski definition) is 5. The molecule has 2 rings (SSSR count). The van der Waals surface area contributed by atoms with E-state index < -0.39 is 22.3 Å². The molecule has 0 unspecified atom stereocenters. The highest BCUT2D eigenvalue weighted by Gasteiger charge is 2.20. The highest BCUT2D eigenvalue weighted by atomic mass is 16.6. The summed E-state index contributed by atoms with van der Waals surface area (Å²) in [6, 6.07) is 11.3. The number of aromatic hydroxyl groups is 1. The highest BCUT2D eigenvalue weighted by Crippen LogP contribution is 2.29. The quantitative estimate of drug-likeness (QED) is 0.629. The number of methoxy groups -OCH3 is 1. The summed E-state index contributed by atoms with van der Waals surface area (Å²) in [7, 11) is 1.61. The Morgan fingerprint density at radius 3 is 2.48 bits per heavy atom. The van der Waals surface area contributed by atoms with Gasteiger partial charge in [-0.15, -0.1) is 0 Å². The first-order valence-corrected chi connectivity index (χ1v) is 6.84. The number of amides is 1. The molecular formula is C16H16N2O5. The van der Waals surface area contributed by atoms with Gasteiger partial charge in [0.15, 0.2) is 0 Å². The number of carbonyl (C=O) groups is 1. The maximum atomic E-state index is 12.1. The summed E-state index contributed by atoms with van der Waals surface area (Å²) in [4.78, 5) is 22.1. The number of nitrogens with zero attached hydrogens (tertiary/aromatic N) is 1. The number of nitrogens with one attached hydrogen (secondary N) is 1. The Kier molecular flexibility index (Phi) is 5.27. The minimum Gasteiger partial charge on any atom is -0.502 e. The van der Waals surface area contributed by atoms with Crippen molar-refractivity contribution in [1.29, 1.82) is 0 Å². The summed E-state index contributed by atoms with van der Waals surface area (Å²) in [6.45, 7) is 0.752. The molecule has 0 aliphatic carbocycles. The van der Waals surface area contributed by atoms with Crippen LogP contribution in [0.2, 0.25) is 0 Å². The Bertz CT molecular complexity index is 713. The number of para-hydroxylation sites is 1. The fraction of sp³-hybridized carbons (Fsp3) is 0.188. The van der Waals surface area contributed by atoms with Gasteiger partial charge in [-0.05, 0) is 17.2 Å². The number of hydrogen-bond donors (Lipinski definition) is 2. The van der Waals surface area contributed by atoms with Crippen LogP contribution in [0.1, 0.15) is 21.5 Å². The number of nitro groups is 1. The average Bonchev–Trinajstić information content (AvgIpc) is 2.54. The number of rotatable bonds is 6. The second-order valence-electron chi connectivity index (χ2n) is 4.86. The lowest BCUT2D eigenvalue weighted by atomic mass is 10.1. The van der Waals surface area contributed by atoms with Crippen molar-refractivity contribution in [3.8, 4) is 5.75 Å². The number of benzene rings is 2. The van der Waals surface area contributed by atoms with Crippen LogP contribution in [0.15, 0.2) is 42.5 Å². The summed E-state index contributed by atoms with van der Waals surface area (Å²) in [5.41, 5.74) is 1.25. The Labute approximate surface area is 132 Å². The minimum atomic E-state index is -0.735. The standard InChI is InChI=1S/C16H16N2O5/c1-23-10-12-7-5-11(6-8-12)9-17-16(20)13-3-2-4-14(15(13)19)18(21)22/h2-8,19H,9-10H2,1H3,(H,17,20). The number of carbonyl (C=O) groups excluding carboxylic acids is 1. The molecule has 23 heavy (non-hydrogen) atoms. The van der Waals surface area contributed by atoms with Crippen molar-refractivity contribution in [2.24, 2.45) is 0 Å². The molecule has 2 aromatic carbocycles. The van der Waals surface area contributed by atoms with E-state index >= 15 is 0 Å². The average molecular weight is 316 g/mol. The van der Waals surface area contributed by atoms with E-state index in [4.69, 9.17) is 4.74 Å². The van der Waals surface area contributed by atoms with Crippen molar-refractivity contribution in [1.82, 2.24) is 5.32 Å². The summed E-state index contributed by atoms with van der Waals surface area (Å²) >= 11 is 0. The molecule has 0 heterocycles. The van der Waals surface area contributed by atoms with E-state index in [-0.39, 0.29) is 12.1 Å². The van der Waals surface area contributed by atoms with E-state index in [2.05, 4.69) is 5.32 Å². The lowest BCUT2D eigenvalue weighted by molar-refractivity contribution is -0.385. The van der Waals surface area contributed by atoms with Crippen molar-refractivity contribution in [2.45, 2.75) is 13.2 Å². The van der Waals surface area contributed by atoms with Gasteiger partial charge in [0.05, 0.1) is 17.1 Å². The van der Waals surface area contributed by atoms with Crippen LogP contribution in [-0.4, -0.2) is 23.0 Å². The van der Waals surface area contributed by atoms with Gasteiger partial charge in [-0.25, -0.2) is 0 Å². The zero-order chi connectivity index (χ0) is 16.8. The topological polar surface area (TPSA) is 102 Å². The second-order valence-corrected chi connectivity index (χ2v) is 4.86. The fourth-order valence-electron chi connectivity index (χ4n) is 2.06. The molecule has 120 valence electrons. The molecular weight excluding hydrogens is 300 g/mol. The molecule has 2 aromatic rings. The van der Waals surface area contributed by atoms with Gasteiger partial charge >= 0.3 is 5.69 Å². The number of nitro benzene ring substituents is 1. The molecule has 0 aliphatic rings. The van der Waals surface area contributed by atoms with Crippen LogP contribution in [0.3, 0.4) is 0 Å². The summed E-state index contributed by atoms with van der Waals surface area (Å²) in [5, 5.41) is 23.2. The van der Waals surface area contributed by atoms with E-state index in [1.165, 1.54) is 12.1 Å². The largest absolute Gasteiger partial charge is 0.502 e. The molecule has 7 heteroatoms. The fourth-order valence-corrected chi connectivity index (χ4v) is 2.06. The Hall–Kier alpha value is -2.93. The molecule has 0 aromatic heterocycles. The Morgan fingerprint density at radius 1 is 1.22 bits per heavy atom. The van der Waals surface area contributed by atoms with E-state index in [1.54, 1.807) is 7.11 Å². The summed E-state index contributed by atoms with van der Waals surface area (Å²) in [5.74, 6) is -1.21. The van der Waals surface area contributed by atoms with E-state index in [9.17, 15) is 20.0 Å². The van der Waals surface area contributed by atoms with Crippen LogP contribution >= 0.6 is 0 Å². The van der Waals surface area contributed by atoms with Crippen LogP contribution in [0.5, 0.6) is 5.75 Å². The third-order valence-corrected chi connectivity index (χ3v) is 3.24. The monoisotopic (exact) mass is 316 g/mol. The molecule has 0 radical (unpaired) electrons. The van der Waals surface area contributed by atoms with Gasteiger partial charge in [0.2, 0.25) is 5.75 Å². The van der Waals surface area contributed by atoms with Gasteiger partial charge < -0.3 is 15.2 Å². The molecule has 0 saturated carbocycles. The maximum absolute atomic E-state index is 12.1. The van der Waals surface area contributed by atoms with Crippen molar-refractivity contribution >= 4 is 11.6 Å². The third-order valence-electron chi connectivity index (χ3n) is 3.24. The maximum Gasteiger partial charge on any atom is 0.311 e. The molecule has 7 nitrogen and oxygen atoms in total. The van der Waals surface area contributed by atoms with Crippen molar-refractivity contribution < 1.29 is 19.6 Å². The zero-order valence-corrected chi connectivity index (χ0v) is 12.5. The molecule has 0 spiro atoms. The van der Waals surface area contributed by atoms with Crippen LogP contribution in [-0.2, 0) is 17.9 Å². The first-order chi connectivity index (χ1) is 11.0. The van der Waals surface area contributed by atoms with Crippen LogP contribution in [0.4, 0.5) is 5.69 Å². The predicted molar refractivity (Wildman–Crippen MR) is 83.1 cm³/mol. The number of phenols is 1. The van der Waals surface area contributed by atoms with E-state index in [1.807, 2.05) is 24.3 Å². The van der Waals surface area contributed by atoms with Crippen molar-refractivity contribution in [3.05, 3.63) is 69.3 Å². The predicted octanol–water partition coefficient (Wildman–Crippen LogP) is 2.38. The normalized spacial score (nSPS) is 10.3. The zero-order valence-electron chi connectivity index (χ0n) is 12.5. The summed E-state index contributed by atoms with van der Waals surface area (Å²) in [6.07, 6.45) is 0. The number of ether oxygens (including phenoxy) is 1. The van der Waals surface area contributed by atoms with Gasteiger partial charge in [-0.1, -0.05) is 30.3 Å². The minimum absolute atomic E-state index is 0.129. The second kappa shape index (κ2) is 7.37.